The predicted molar refractivity (Wildman–Crippen MR) is 78.9 cm³/mol. The van der Waals surface area contributed by atoms with E-state index in [-0.39, 0.29) is 23.1 Å². The summed E-state index contributed by atoms with van der Waals surface area (Å²) in [6, 6.07) is 1.90. The Labute approximate surface area is 132 Å². The van der Waals surface area contributed by atoms with Gasteiger partial charge in [-0.2, -0.15) is 10.1 Å². The molecule has 2 aromatic rings. The monoisotopic (exact) mass is 315 g/mol. The minimum Gasteiger partial charge on any atom is -0.465 e. The van der Waals surface area contributed by atoms with Gasteiger partial charge >= 0.3 is 11.7 Å². The number of nitrogens with zero attached hydrogens (tertiary/aromatic N) is 5. The fourth-order valence-corrected chi connectivity index (χ4v) is 3.77. The molecule has 2 aliphatic rings. The number of carbonyl (C=O) groups excluding carboxylic acids is 1. The molecule has 0 unspecified atom stereocenters. The molecular weight excluding hydrogens is 298 g/mol. The maximum absolute atomic E-state index is 12.4. The van der Waals surface area contributed by atoms with Crippen molar-refractivity contribution in [1.29, 1.82) is 0 Å². The number of ether oxygens (including phenoxy) is 1. The van der Waals surface area contributed by atoms with Crippen LogP contribution in [-0.2, 0) is 9.53 Å². The summed E-state index contributed by atoms with van der Waals surface area (Å²) >= 11 is 0. The zero-order valence-corrected chi connectivity index (χ0v) is 12.8. The molecule has 8 heteroatoms. The van der Waals surface area contributed by atoms with Crippen LogP contribution in [0, 0.1) is 11.3 Å². The number of rotatable bonds is 4. The van der Waals surface area contributed by atoms with Crippen LogP contribution in [0.3, 0.4) is 0 Å². The fourth-order valence-electron chi connectivity index (χ4n) is 3.77. The van der Waals surface area contributed by atoms with Gasteiger partial charge in [-0.1, -0.05) is 0 Å². The number of aromatic nitrogens is 5. The van der Waals surface area contributed by atoms with Gasteiger partial charge < -0.3 is 4.74 Å². The normalized spacial score (nSPS) is 28.4. The van der Waals surface area contributed by atoms with Gasteiger partial charge in [0, 0.05) is 24.6 Å². The van der Waals surface area contributed by atoms with Crippen LogP contribution in [0.25, 0.3) is 5.82 Å². The van der Waals surface area contributed by atoms with Gasteiger partial charge in [-0.3, -0.25) is 9.36 Å². The first-order valence-electron chi connectivity index (χ1n) is 7.67. The van der Waals surface area contributed by atoms with Crippen molar-refractivity contribution >= 4 is 5.97 Å². The minimum absolute atomic E-state index is 0.0698. The van der Waals surface area contributed by atoms with Gasteiger partial charge in [-0.25, -0.2) is 14.5 Å². The first kappa shape index (κ1) is 14.1. The summed E-state index contributed by atoms with van der Waals surface area (Å²) in [5, 5.41) is 3.98. The van der Waals surface area contributed by atoms with E-state index in [0.29, 0.717) is 18.3 Å². The molecule has 0 aromatic carbocycles. The lowest BCUT2D eigenvalue weighted by atomic mass is 10.1. The van der Waals surface area contributed by atoms with Crippen molar-refractivity contribution in [3.05, 3.63) is 35.4 Å². The van der Waals surface area contributed by atoms with Crippen molar-refractivity contribution < 1.29 is 9.53 Å². The Balaban J connectivity index is 1.54. The summed E-state index contributed by atoms with van der Waals surface area (Å²) in [6.07, 6.45) is 7.58. The second-order valence-corrected chi connectivity index (χ2v) is 6.37. The van der Waals surface area contributed by atoms with E-state index in [4.69, 9.17) is 4.74 Å². The van der Waals surface area contributed by atoms with Gasteiger partial charge in [-0.05, 0) is 31.2 Å². The Morgan fingerprint density at radius 3 is 3.04 bits per heavy atom. The second kappa shape index (κ2) is 5.00. The van der Waals surface area contributed by atoms with Crippen LogP contribution in [0.1, 0.15) is 32.2 Å². The highest BCUT2D eigenvalue weighted by Gasteiger charge is 2.62. The average Bonchev–Trinajstić information content (AvgIpc) is 2.91. The molecular formula is C15H17N5O3. The Morgan fingerprint density at radius 2 is 2.39 bits per heavy atom. The standard InChI is InChI=1S/C15H17N5O3/c1-10(21)23-7-15-4-2-12(11(15)6-15)19-5-3-13(18-14(19)22)20-9-16-8-17-20/h3,5,8-9,11-12H,2,4,6-7H2,1H3/t11-,12+,15-/m1/s1. The molecule has 0 radical (unpaired) electrons. The van der Waals surface area contributed by atoms with Crippen LogP contribution >= 0.6 is 0 Å². The smallest absolute Gasteiger partial charge is 0.349 e. The summed E-state index contributed by atoms with van der Waals surface area (Å²) < 4.78 is 8.36. The third-order valence-electron chi connectivity index (χ3n) is 5.04. The van der Waals surface area contributed by atoms with E-state index in [9.17, 15) is 9.59 Å². The van der Waals surface area contributed by atoms with E-state index in [0.717, 1.165) is 19.3 Å². The highest BCUT2D eigenvalue weighted by Crippen LogP contribution is 2.67. The molecule has 23 heavy (non-hydrogen) atoms. The third kappa shape index (κ3) is 2.34. The Bertz CT molecular complexity index is 800. The zero-order valence-electron chi connectivity index (χ0n) is 12.8. The highest BCUT2D eigenvalue weighted by molar-refractivity contribution is 5.66. The topological polar surface area (TPSA) is 91.9 Å². The van der Waals surface area contributed by atoms with Crippen LogP contribution < -0.4 is 5.69 Å². The summed E-state index contributed by atoms with van der Waals surface area (Å²) in [5.41, 5.74) is -0.210. The lowest BCUT2D eigenvalue weighted by Gasteiger charge is -2.14. The average molecular weight is 315 g/mol. The Kier molecular flexibility index (Phi) is 3.07. The van der Waals surface area contributed by atoms with E-state index in [1.807, 2.05) is 0 Å². The summed E-state index contributed by atoms with van der Waals surface area (Å²) in [5.74, 6) is 0.604. The van der Waals surface area contributed by atoms with E-state index in [1.165, 1.54) is 24.3 Å². The minimum atomic E-state index is -0.279. The van der Waals surface area contributed by atoms with Crippen molar-refractivity contribution in [2.75, 3.05) is 6.61 Å². The first-order chi connectivity index (χ1) is 11.1. The quantitative estimate of drug-likeness (QED) is 0.772. The molecule has 4 rings (SSSR count). The van der Waals surface area contributed by atoms with Crippen molar-refractivity contribution in [1.82, 2.24) is 24.3 Å². The van der Waals surface area contributed by atoms with E-state index < -0.39 is 0 Å². The van der Waals surface area contributed by atoms with Crippen LogP contribution in [0.4, 0.5) is 0 Å². The second-order valence-electron chi connectivity index (χ2n) is 6.37. The summed E-state index contributed by atoms with van der Waals surface area (Å²) in [6.45, 7) is 1.89. The largest absolute Gasteiger partial charge is 0.465 e. The van der Waals surface area contributed by atoms with E-state index in [1.54, 1.807) is 16.8 Å². The lowest BCUT2D eigenvalue weighted by Crippen LogP contribution is -2.28. The summed E-state index contributed by atoms with van der Waals surface area (Å²) in [7, 11) is 0. The molecule has 0 N–H and O–H groups in total. The molecule has 2 fully saturated rings. The van der Waals surface area contributed by atoms with Gasteiger partial charge in [-0.15, -0.1) is 0 Å². The van der Waals surface area contributed by atoms with E-state index in [2.05, 4.69) is 15.1 Å². The van der Waals surface area contributed by atoms with Gasteiger partial charge in [0.1, 0.15) is 12.7 Å². The third-order valence-corrected chi connectivity index (χ3v) is 5.04. The van der Waals surface area contributed by atoms with Gasteiger partial charge in [0.2, 0.25) is 0 Å². The maximum Gasteiger partial charge on any atom is 0.349 e. The molecule has 2 aromatic heterocycles. The molecule has 0 aliphatic heterocycles. The fraction of sp³-hybridized carbons (Fsp3) is 0.533. The Hall–Kier alpha value is -2.51. The number of esters is 1. The molecule has 2 aliphatic carbocycles. The van der Waals surface area contributed by atoms with Gasteiger partial charge in [0.15, 0.2) is 5.82 Å². The maximum atomic E-state index is 12.4. The molecule has 120 valence electrons. The lowest BCUT2D eigenvalue weighted by molar-refractivity contribution is -0.142. The van der Waals surface area contributed by atoms with Crippen molar-refractivity contribution in [2.24, 2.45) is 11.3 Å². The zero-order chi connectivity index (χ0) is 16.0. The number of carbonyl (C=O) groups is 1. The number of hydrogen-bond acceptors (Lipinski definition) is 6. The number of fused-ring (bicyclic) bond motifs is 1. The van der Waals surface area contributed by atoms with Crippen LogP contribution in [0.2, 0.25) is 0 Å². The molecule has 2 heterocycles. The van der Waals surface area contributed by atoms with Crippen molar-refractivity contribution in [3.63, 3.8) is 0 Å². The van der Waals surface area contributed by atoms with Crippen LogP contribution in [-0.4, -0.2) is 36.9 Å². The highest BCUT2D eigenvalue weighted by atomic mass is 16.5. The molecule has 3 atom stereocenters. The van der Waals surface area contributed by atoms with E-state index >= 15 is 0 Å². The Morgan fingerprint density at radius 1 is 1.52 bits per heavy atom. The van der Waals surface area contributed by atoms with Crippen molar-refractivity contribution in [2.45, 2.75) is 32.2 Å². The first-order valence-corrected chi connectivity index (χ1v) is 7.67. The molecule has 2 saturated carbocycles. The summed E-state index contributed by atoms with van der Waals surface area (Å²) in [4.78, 5) is 31.3. The van der Waals surface area contributed by atoms with Crippen molar-refractivity contribution in [3.8, 4) is 5.82 Å². The molecule has 8 nitrogen and oxygen atoms in total. The SMILES string of the molecule is CC(=O)OC[C@]12CC[C@H](n3ccc(-n4cncn4)nc3=O)[C@H]1C2. The molecule has 0 amide bonds. The van der Waals surface area contributed by atoms with Gasteiger partial charge in [0.05, 0.1) is 6.61 Å². The predicted octanol–water partition coefficient (Wildman–Crippen LogP) is 0.728. The molecule has 0 bridgehead atoms. The van der Waals surface area contributed by atoms with Crippen LogP contribution in [0.15, 0.2) is 29.7 Å². The van der Waals surface area contributed by atoms with Gasteiger partial charge in [0.25, 0.3) is 0 Å². The molecule has 0 spiro atoms. The number of hydrogen-bond donors (Lipinski definition) is 0. The molecule has 0 saturated heterocycles. The van der Waals surface area contributed by atoms with Crippen LogP contribution in [0.5, 0.6) is 0 Å².